The molecule has 1 heterocycles. The molecule has 2 N–H and O–H groups in total. The summed E-state index contributed by atoms with van der Waals surface area (Å²) >= 11 is 3.40. The van der Waals surface area contributed by atoms with E-state index in [0.29, 0.717) is 39.4 Å². The van der Waals surface area contributed by atoms with Crippen molar-refractivity contribution in [2.45, 2.75) is 45.4 Å². The van der Waals surface area contributed by atoms with Crippen LogP contribution < -0.4 is 24.8 Å². The minimum absolute atomic E-state index is 0.0815. The number of anilines is 1. The van der Waals surface area contributed by atoms with Gasteiger partial charge in [-0.3, -0.25) is 9.59 Å². The molecule has 0 radical (unpaired) electrons. The van der Waals surface area contributed by atoms with Gasteiger partial charge in [0.15, 0.2) is 11.5 Å². The van der Waals surface area contributed by atoms with Crippen molar-refractivity contribution < 1.29 is 23.8 Å². The van der Waals surface area contributed by atoms with Crippen LogP contribution in [0.2, 0.25) is 0 Å². The fourth-order valence-electron chi connectivity index (χ4n) is 4.07. The third-order valence-electron chi connectivity index (χ3n) is 6.20. The number of amides is 2. The first kappa shape index (κ1) is 28.2. The molecule has 4 rings (SSSR count). The molecule has 0 aliphatic carbocycles. The van der Waals surface area contributed by atoms with Gasteiger partial charge in [0.25, 0.3) is 11.8 Å². The summed E-state index contributed by atoms with van der Waals surface area (Å²) in [6.45, 7) is 3.03. The number of nitrogens with one attached hydrogen (secondary N) is 2. The van der Waals surface area contributed by atoms with Crippen LogP contribution >= 0.6 is 15.9 Å². The maximum Gasteiger partial charge on any atom is 0.272 e. The van der Waals surface area contributed by atoms with Crippen LogP contribution in [0.25, 0.3) is 6.08 Å². The first-order valence-electron chi connectivity index (χ1n) is 13.2. The second-order valence-corrected chi connectivity index (χ2v) is 10.1. The van der Waals surface area contributed by atoms with Crippen molar-refractivity contribution in [3.8, 4) is 17.2 Å². The van der Waals surface area contributed by atoms with E-state index in [1.54, 1.807) is 54.6 Å². The standard InChI is InChI=1S/C31H33BrN2O5/c1-2-3-4-5-6-9-18-37-24-15-13-23(14-16-24)33-31(36)27(34-30(35)25-10-7-8-11-26(25)32)19-22-12-17-28-29(20-22)39-21-38-28/h7-8,10-17,19-20H,2-6,9,18,21H2,1H3,(H,33,36)(H,34,35). The molecule has 0 unspecified atom stereocenters. The third-order valence-corrected chi connectivity index (χ3v) is 6.89. The number of hydrogen-bond donors (Lipinski definition) is 2. The van der Waals surface area contributed by atoms with Crippen LogP contribution in [0.4, 0.5) is 5.69 Å². The molecule has 2 amide bonds. The predicted octanol–water partition coefficient (Wildman–Crippen LogP) is 7.33. The van der Waals surface area contributed by atoms with Crippen molar-refractivity contribution in [2.75, 3.05) is 18.7 Å². The van der Waals surface area contributed by atoms with Gasteiger partial charge in [-0.25, -0.2) is 0 Å². The van der Waals surface area contributed by atoms with Gasteiger partial charge in [-0.05, 0) is 82.5 Å². The molecule has 1 aliphatic heterocycles. The van der Waals surface area contributed by atoms with E-state index < -0.39 is 11.8 Å². The number of carbonyl (C=O) groups excluding carboxylic acids is 2. The first-order valence-corrected chi connectivity index (χ1v) is 14.0. The first-order chi connectivity index (χ1) is 19.0. The predicted molar refractivity (Wildman–Crippen MR) is 156 cm³/mol. The van der Waals surface area contributed by atoms with Crippen molar-refractivity contribution in [2.24, 2.45) is 0 Å². The van der Waals surface area contributed by atoms with Gasteiger partial charge < -0.3 is 24.8 Å². The van der Waals surface area contributed by atoms with Crippen LogP contribution in [-0.2, 0) is 4.79 Å². The second kappa shape index (κ2) is 14.4. The number of fused-ring (bicyclic) bond motifs is 1. The largest absolute Gasteiger partial charge is 0.494 e. The number of unbranched alkanes of at least 4 members (excludes halogenated alkanes) is 5. The zero-order chi connectivity index (χ0) is 27.5. The van der Waals surface area contributed by atoms with Gasteiger partial charge in [-0.1, -0.05) is 57.2 Å². The van der Waals surface area contributed by atoms with E-state index in [1.165, 1.54) is 25.7 Å². The number of hydrogen-bond acceptors (Lipinski definition) is 5. The molecule has 7 nitrogen and oxygen atoms in total. The zero-order valence-corrected chi connectivity index (χ0v) is 23.6. The van der Waals surface area contributed by atoms with E-state index >= 15 is 0 Å². The smallest absolute Gasteiger partial charge is 0.272 e. The summed E-state index contributed by atoms with van der Waals surface area (Å²) in [4.78, 5) is 26.3. The Morgan fingerprint density at radius 1 is 0.923 bits per heavy atom. The van der Waals surface area contributed by atoms with Crippen molar-refractivity contribution >= 4 is 39.5 Å². The van der Waals surface area contributed by atoms with E-state index in [4.69, 9.17) is 14.2 Å². The Bertz CT molecular complexity index is 1310. The fraction of sp³-hybridized carbons (Fsp3) is 0.290. The molecule has 0 aromatic heterocycles. The summed E-state index contributed by atoms with van der Waals surface area (Å²) in [5.74, 6) is 1.09. The molecule has 0 fully saturated rings. The van der Waals surface area contributed by atoms with E-state index in [0.717, 1.165) is 18.6 Å². The Morgan fingerprint density at radius 2 is 1.67 bits per heavy atom. The Labute approximate surface area is 237 Å². The van der Waals surface area contributed by atoms with Gasteiger partial charge in [-0.2, -0.15) is 0 Å². The lowest BCUT2D eigenvalue weighted by molar-refractivity contribution is -0.113. The monoisotopic (exact) mass is 592 g/mol. The molecule has 0 spiro atoms. The lowest BCUT2D eigenvalue weighted by Crippen LogP contribution is -2.31. The Morgan fingerprint density at radius 3 is 2.46 bits per heavy atom. The number of ether oxygens (including phenoxy) is 3. The Balaban J connectivity index is 1.42. The van der Waals surface area contributed by atoms with Crippen molar-refractivity contribution in [3.05, 3.63) is 88.0 Å². The summed E-state index contributed by atoms with van der Waals surface area (Å²) < 4.78 is 17.3. The highest BCUT2D eigenvalue weighted by molar-refractivity contribution is 9.10. The summed E-state index contributed by atoms with van der Waals surface area (Å²) in [6, 6.07) is 19.6. The van der Waals surface area contributed by atoms with Crippen LogP contribution in [0.5, 0.6) is 17.2 Å². The highest BCUT2D eigenvalue weighted by atomic mass is 79.9. The molecule has 204 valence electrons. The maximum atomic E-state index is 13.3. The molecule has 3 aromatic carbocycles. The van der Waals surface area contributed by atoms with Crippen LogP contribution in [0.15, 0.2) is 76.9 Å². The quantitative estimate of drug-likeness (QED) is 0.160. The van der Waals surface area contributed by atoms with Crippen LogP contribution in [0.3, 0.4) is 0 Å². The summed E-state index contributed by atoms with van der Waals surface area (Å²) in [5, 5.41) is 5.62. The molecule has 39 heavy (non-hydrogen) atoms. The minimum Gasteiger partial charge on any atom is -0.494 e. The highest BCUT2D eigenvalue weighted by Gasteiger charge is 2.18. The Kier molecular flexibility index (Phi) is 10.4. The average molecular weight is 594 g/mol. The molecular weight excluding hydrogens is 560 g/mol. The van der Waals surface area contributed by atoms with Crippen molar-refractivity contribution in [1.29, 1.82) is 0 Å². The number of carbonyl (C=O) groups is 2. The number of rotatable bonds is 13. The maximum absolute atomic E-state index is 13.3. The van der Waals surface area contributed by atoms with E-state index in [1.807, 2.05) is 18.2 Å². The summed E-state index contributed by atoms with van der Waals surface area (Å²) in [7, 11) is 0. The topological polar surface area (TPSA) is 85.9 Å². The molecule has 0 atom stereocenters. The van der Waals surface area contributed by atoms with Crippen LogP contribution in [0, 0.1) is 0 Å². The second-order valence-electron chi connectivity index (χ2n) is 9.20. The van der Waals surface area contributed by atoms with Crippen LogP contribution in [0.1, 0.15) is 61.4 Å². The molecule has 3 aromatic rings. The van der Waals surface area contributed by atoms with E-state index in [2.05, 4.69) is 33.5 Å². The number of benzene rings is 3. The molecule has 0 saturated heterocycles. The van der Waals surface area contributed by atoms with Gasteiger partial charge in [0, 0.05) is 10.2 Å². The van der Waals surface area contributed by atoms with Crippen LogP contribution in [-0.4, -0.2) is 25.2 Å². The summed E-state index contributed by atoms with van der Waals surface area (Å²) in [5.41, 5.74) is 1.75. The molecular formula is C31H33BrN2O5. The van der Waals surface area contributed by atoms with Gasteiger partial charge >= 0.3 is 0 Å². The van der Waals surface area contributed by atoms with Gasteiger partial charge in [-0.15, -0.1) is 0 Å². The van der Waals surface area contributed by atoms with E-state index in [9.17, 15) is 9.59 Å². The highest BCUT2D eigenvalue weighted by Crippen LogP contribution is 2.33. The molecule has 1 aliphatic rings. The average Bonchev–Trinajstić information content (AvgIpc) is 3.41. The summed E-state index contributed by atoms with van der Waals surface area (Å²) in [6.07, 6.45) is 8.83. The van der Waals surface area contributed by atoms with Gasteiger partial charge in [0.2, 0.25) is 6.79 Å². The Hall–Kier alpha value is -3.78. The SMILES string of the molecule is CCCCCCCCOc1ccc(NC(=O)C(=Cc2ccc3c(c2)OCO3)NC(=O)c2ccccc2Br)cc1. The minimum atomic E-state index is -0.464. The molecule has 0 saturated carbocycles. The van der Waals surface area contributed by atoms with Gasteiger partial charge in [0.1, 0.15) is 11.4 Å². The lowest BCUT2D eigenvalue weighted by Gasteiger charge is -2.13. The number of halogens is 1. The molecule has 0 bridgehead atoms. The van der Waals surface area contributed by atoms with Crippen molar-refractivity contribution in [3.63, 3.8) is 0 Å². The van der Waals surface area contributed by atoms with Gasteiger partial charge in [0.05, 0.1) is 12.2 Å². The lowest BCUT2D eigenvalue weighted by atomic mass is 10.1. The molecule has 8 heteroatoms. The van der Waals surface area contributed by atoms with Crippen molar-refractivity contribution in [1.82, 2.24) is 5.32 Å². The van der Waals surface area contributed by atoms with E-state index in [-0.39, 0.29) is 12.5 Å². The normalized spacial score (nSPS) is 12.2. The fourth-order valence-corrected chi connectivity index (χ4v) is 4.53. The zero-order valence-electron chi connectivity index (χ0n) is 22.0. The third kappa shape index (κ3) is 8.35.